The van der Waals surface area contributed by atoms with Gasteiger partial charge in [0.1, 0.15) is 11.9 Å². The summed E-state index contributed by atoms with van der Waals surface area (Å²) in [5, 5.41) is 5.67. The van der Waals surface area contributed by atoms with Gasteiger partial charge in [0.25, 0.3) is 5.91 Å². The minimum Gasteiger partial charge on any atom is -0.322 e. The van der Waals surface area contributed by atoms with Crippen molar-refractivity contribution in [3.8, 4) is 0 Å². The summed E-state index contributed by atoms with van der Waals surface area (Å²) in [5.41, 5.74) is 3.76. The van der Waals surface area contributed by atoms with Gasteiger partial charge in [-0.1, -0.05) is 18.6 Å². The second kappa shape index (κ2) is 10.2. The molecule has 2 fully saturated rings. The van der Waals surface area contributed by atoms with Crippen LogP contribution in [0.2, 0.25) is 0 Å². The van der Waals surface area contributed by atoms with Crippen LogP contribution in [-0.4, -0.2) is 54.2 Å². The number of anilines is 1. The Labute approximate surface area is 226 Å². The number of benzene rings is 2. The van der Waals surface area contributed by atoms with Gasteiger partial charge in [0.15, 0.2) is 0 Å². The van der Waals surface area contributed by atoms with E-state index < -0.39 is 17.4 Å². The van der Waals surface area contributed by atoms with Gasteiger partial charge in [0.05, 0.1) is 5.41 Å². The van der Waals surface area contributed by atoms with Crippen molar-refractivity contribution in [1.82, 2.24) is 15.5 Å². The highest BCUT2D eigenvalue weighted by molar-refractivity contribution is 6.08. The molecule has 8 nitrogen and oxygen atoms in total. The van der Waals surface area contributed by atoms with Crippen LogP contribution in [0, 0.1) is 5.82 Å². The number of carbonyl (C=O) groups excluding carboxylic acids is 4. The summed E-state index contributed by atoms with van der Waals surface area (Å²) in [5.74, 6) is -1.06. The molecule has 2 aromatic rings. The van der Waals surface area contributed by atoms with Gasteiger partial charge in [-0.05, 0) is 92.6 Å². The highest BCUT2D eigenvalue weighted by atomic mass is 19.1. The molecular formula is C30H33FN4O4. The summed E-state index contributed by atoms with van der Waals surface area (Å²) < 4.78 is 14.1. The number of hydrogen-bond donors (Lipinski definition) is 2. The standard InChI is InChI=1S/C30H33FN4O4/c31-20-8-9-24-23(17-20)30(12-14-32-15-13-30)29(39)34(24)16-3-1-2-5-19-6-4-7-21-22(19)18-35(28(21)38)25-10-11-26(36)33-27(25)37/h4,6-9,17,25,32H,1-3,5,10-16,18H2,(H,33,36,37). The monoisotopic (exact) mass is 532 g/mol. The van der Waals surface area contributed by atoms with Crippen molar-refractivity contribution in [2.75, 3.05) is 24.5 Å². The molecule has 0 aromatic heterocycles. The van der Waals surface area contributed by atoms with Crippen molar-refractivity contribution in [2.45, 2.75) is 69.4 Å². The number of nitrogens with zero attached hydrogens (tertiary/aromatic N) is 2. The van der Waals surface area contributed by atoms with Crippen molar-refractivity contribution >= 4 is 29.3 Å². The Bertz CT molecular complexity index is 1350. The predicted molar refractivity (Wildman–Crippen MR) is 143 cm³/mol. The Balaban J connectivity index is 1.07. The van der Waals surface area contributed by atoms with Crippen LogP contribution in [0.1, 0.15) is 72.0 Å². The summed E-state index contributed by atoms with van der Waals surface area (Å²) >= 11 is 0. The first-order valence-electron chi connectivity index (χ1n) is 14.0. The highest BCUT2D eigenvalue weighted by Crippen LogP contribution is 2.47. The molecule has 204 valence electrons. The smallest absolute Gasteiger partial charge is 0.255 e. The van der Waals surface area contributed by atoms with Crippen molar-refractivity contribution < 1.29 is 23.6 Å². The Kier molecular flexibility index (Phi) is 6.71. The maximum Gasteiger partial charge on any atom is 0.255 e. The lowest BCUT2D eigenvalue weighted by molar-refractivity contribution is -0.137. The van der Waals surface area contributed by atoms with Crippen LogP contribution in [0.15, 0.2) is 36.4 Å². The van der Waals surface area contributed by atoms with E-state index in [2.05, 4.69) is 10.6 Å². The van der Waals surface area contributed by atoms with E-state index in [1.165, 1.54) is 6.07 Å². The topological polar surface area (TPSA) is 98.8 Å². The quantitative estimate of drug-likeness (QED) is 0.422. The molecule has 4 aliphatic heterocycles. The van der Waals surface area contributed by atoms with Crippen molar-refractivity contribution in [1.29, 1.82) is 0 Å². The summed E-state index contributed by atoms with van der Waals surface area (Å²) in [4.78, 5) is 54.0. The van der Waals surface area contributed by atoms with Crippen LogP contribution in [0.5, 0.6) is 0 Å². The van der Waals surface area contributed by atoms with Crippen LogP contribution in [0.25, 0.3) is 0 Å². The van der Waals surface area contributed by atoms with Crippen LogP contribution in [0.4, 0.5) is 10.1 Å². The summed E-state index contributed by atoms with van der Waals surface area (Å²) in [6.07, 6.45) is 5.39. The van der Waals surface area contributed by atoms with Crippen LogP contribution in [0.3, 0.4) is 0 Å². The maximum absolute atomic E-state index is 14.1. The molecule has 9 heteroatoms. The number of rotatable bonds is 7. The normalized spacial score (nSPS) is 21.9. The molecule has 2 aromatic carbocycles. The summed E-state index contributed by atoms with van der Waals surface area (Å²) in [6.45, 7) is 2.48. The van der Waals surface area contributed by atoms with E-state index in [1.807, 2.05) is 23.1 Å². The van der Waals surface area contributed by atoms with Gasteiger partial charge in [-0.2, -0.15) is 0 Å². The highest BCUT2D eigenvalue weighted by Gasteiger charge is 2.51. The lowest BCUT2D eigenvalue weighted by Crippen LogP contribution is -2.52. The Morgan fingerprint density at radius 2 is 1.82 bits per heavy atom. The van der Waals surface area contributed by atoms with Gasteiger partial charge >= 0.3 is 0 Å². The maximum atomic E-state index is 14.1. The number of carbonyl (C=O) groups is 4. The molecule has 0 bridgehead atoms. The zero-order valence-corrected chi connectivity index (χ0v) is 21.9. The van der Waals surface area contributed by atoms with E-state index in [1.54, 1.807) is 17.0 Å². The van der Waals surface area contributed by atoms with E-state index in [0.29, 0.717) is 37.9 Å². The Morgan fingerprint density at radius 1 is 1.00 bits per heavy atom. The van der Waals surface area contributed by atoms with E-state index in [4.69, 9.17) is 0 Å². The Morgan fingerprint density at radius 3 is 2.62 bits per heavy atom. The van der Waals surface area contributed by atoms with E-state index in [0.717, 1.165) is 61.2 Å². The first-order chi connectivity index (χ1) is 18.9. The second-order valence-corrected chi connectivity index (χ2v) is 11.1. The number of amides is 4. The minimum absolute atomic E-state index is 0.0949. The molecule has 1 atom stereocenters. The first kappa shape index (κ1) is 25.7. The van der Waals surface area contributed by atoms with Gasteiger partial charge in [0.2, 0.25) is 17.7 Å². The summed E-state index contributed by atoms with van der Waals surface area (Å²) in [7, 11) is 0. The molecule has 1 unspecified atom stereocenters. The van der Waals surface area contributed by atoms with Crippen molar-refractivity contribution in [3.63, 3.8) is 0 Å². The molecule has 1 spiro atoms. The SMILES string of the molecule is O=C1CCC(N2Cc3c(CCCCCN4C(=O)C5(CCNCC5)c5cc(F)ccc54)cccc3C2=O)C(=O)N1. The largest absolute Gasteiger partial charge is 0.322 e. The number of unbranched alkanes of at least 4 members (excludes halogenated alkanes) is 2. The molecule has 2 saturated heterocycles. The number of piperidine rings is 2. The third kappa shape index (κ3) is 4.42. The minimum atomic E-state index is -0.618. The molecule has 2 N–H and O–H groups in total. The van der Waals surface area contributed by atoms with Gasteiger partial charge in [0, 0.05) is 30.8 Å². The zero-order valence-electron chi connectivity index (χ0n) is 21.9. The van der Waals surface area contributed by atoms with Gasteiger partial charge in [-0.3, -0.25) is 24.5 Å². The second-order valence-electron chi connectivity index (χ2n) is 11.1. The molecule has 0 saturated carbocycles. The predicted octanol–water partition coefficient (Wildman–Crippen LogP) is 2.97. The Hall–Kier alpha value is -3.59. The fourth-order valence-corrected chi connectivity index (χ4v) is 6.81. The number of nitrogens with one attached hydrogen (secondary N) is 2. The van der Waals surface area contributed by atoms with Crippen LogP contribution < -0.4 is 15.5 Å². The molecule has 0 aliphatic carbocycles. The average molecular weight is 533 g/mol. The molecule has 6 rings (SSSR count). The third-order valence-corrected chi connectivity index (χ3v) is 8.88. The lowest BCUT2D eigenvalue weighted by atomic mass is 9.74. The van der Waals surface area contributed by atoms with Gasteiger partial charge in [-0.25, -0.2) is 4.39 Å². The summed E-state index contributed by atoms with van der Waals surface area (Å²) in [6, 6.07) is 9.85. The fraction of sp³-hybridized carbons (Fsp3) is 0.467. The number of halogens is 1. The molecule has 39 heavy (non-hydrogen) atoms. The molecule has 4 heterocycles. The number of hydrogen-bond acceptors (Lipinski definition) is 5. The molecule has 0 radical (unpaired) electrons. The average Bonchev–Trinajstić information content (AvgIpc) is 3.37. The third-order valence-electron chi connectivity index (χ3n) is 8.88. The van der Waals surface area contributed by atoms with Crippen LogP contribution >= 0.6 is 0 Å². The molecule has 4 amide bonds. The first-order valence-corrected chi connectivity index (χ1v) is 14.0. The number of imide groups is 1. The zero-order chi connectivity index (χ0) is 27.1. The fourth-order valence-electron chi connectivity index (χ4n) is 6.81. The number of fused-ring (bicyclic) bond motifs is 3. The lowest BCUT2D eigenvalue weighted by Gasteiger charge is -2.33. The van der Waals surface area contributed by atoms with E-state index >= 15 is 0 Å². The van der Waals surface area contributed by atoms with Crippen molar-refractivity contribution in [2.24, 2.45) is 0 Å². The number of aryl methyl sites for hydroxylation is 1. The molecular weight excluding hydrogens is 499 g/mol. The van der Waals surface area contributed by atoms with E-state index in [-0.39, 0.29) is 30.0 Å². The van der Waals surface area contributed by atoms with Crippen LogP contribution in [-0.2, 0) is 32.8 Å². The van der Waals surface area contributed by atoms with Crippen molar-refractivity contribution in [3.05, 3.63) is 64.5 Å². The van der Waals surface area contributed by atoms with Gasteiger partial charge < -0.3 is 15.1 Å². The van der Waals surface area contributed by atoms with E-state index in [9.17, 15) is 23.6 Å². The molecule has 4 aliphatic rings. The van der Waals surface area contributed by atoms with Gasteiger partial charge in [-0.15, -0.1) is 0 Å².